The van der Waals surface area contributed by atoms with Crippen LogP contribution in [0.2, 0.25) is 0 Å². The molecule has 2 amide bonds. The van der Waals surface area contributed by atoms with Gasteiger partial charge in [-0.1, -0.05) is 17.4 Å². The molecule has 1 aromatic heterocycles. The number of carbonyl (C=O) groups is 2. The van der Waals surface area contributed by atoms with E-state index in [4.69, 9.17) is 14.2 Å². The van der Waals surface area contributed by atoms with E-state index in [0.29, 0.717) is 36.2 Å². The van der Waals surface area contributed by atoms with Crippen molar-refractivity contribution in [2.45, 2.75) is 25.8 Å². The van der Waals surface area contributed by atoms with Crippen molar-refractivity contribution < 1.29 is 23.8 Å². The molecule has 3 rings (SSSR count). The van der Waals surface area contributed by atoms with Crippen LogP contribution in [0.3, 0.4) is 0 Å². The molecule has 1 aliphatic rings. The van der Waals surface area contributed by atoms with E-state index in [1.54, 1.807) is 26.2 Å². The van der Waals surface area contributed by atoms with Crippen molar-refractivity contribution in [1.29, 1.82) is 0 Å². The van der Waals surface area contributed by atoms with Crippen molar-refractivity contribution in [3.63, 3.8) is 0 Å². The van der Waals surface area contributed by atoms with Gasteiger partial charge in [-0.3, -0.25) is 9.59 Å². The fourth-order valence-electron chi connectivity index (χ4n) is 3.41. The van der Waals surface area contributed by atoms with Gasteiger partial charge in [-0.15, -0.1) is 10.2 Å². The first-order valence-electron chi connectivity index (χ1n) is 9.57. The number of hydrogen-bond donors (Lipinski definition) is 1. The van der Waals surface area contributed by atoms with Crippen molar-refractivity contribution in [2.75, 3.05) is 39.8 Å². The zero-order chi connectivity index (χ0) is 21.7. The summed E-state index contributed by atoms with van der Waals surface area (Å²) in [4.78, 5) is 26.5. The Kier molecular flexibility index (Phi) is 7.22. The largest absolute Gasteiger partial charge is 0.493 e. The van der Waals surface area contributed by atoms with Gasteiger partial charge in [-0.05, 0) is 24.6 Å². The fourth-order valence-corrected chi connectivity index (χ4v) is 4.19. The van der Waals surface area contributed by atoms with E-state index in [1.165, 1.54) is 11.3 Å². The summed E-state index contributed by atoms with van der Waals surface area (Å²) in [6.45, 7) is 2.73. The second kappa shape index (κ2) is 9.86. The Hall–Kier alpha value is -2.72. The van der Waals surface area contributed by atoms with Crippen LogP contribution in [-0.4, -0.2) is 67.4 Å². The molecular formula is C20H26N4O5S. The number of methoxy groups -OCH3 is 3. The predicted molar refractivity (Wildman–Crippen MR) is 112 cm³/mol. The Labute approximate surface area is 179 Å². The van der Waals surface area contributed by atoms with Crippen LogP contribution in [0.5, 0.6) is 11.5 Å². The van der Waals surface area contributed by atoms with E-state index in [-0.39, 0.29) is 24.3 Å². The van der Waals surface area contributed by atoms with Gasteiger partial charge in [0.1, 0.15) is 5.01 Å². The highest BCUT2D eigenvalue weighted by Crippen LogP contribution is 2.29. The van der Waals surface area contributed by atoms with Crippen LogP contribution >= 0.6 is 11.3 Å². The van der Waals surface area contributed by atoms with Gasteiger partial charge in [-0.25, -0.2) is 0 Å². The molecule has 0 radical (unpaired) electrons. The van der Waals surface area contributed by atoms with Crippen LogP contribution in [0.1, 0.15) is 23.9 Å². The molecule has 0 bridgehead atoms. The first-order chi connectivity index (χ1) is 14.4. The number of aromatic nitrogens is 2. The smallest absolute Gasteiger partial charge is 0.231 e. The zero-order valence-electron chi connectivity index (χ0n) is 17.5. The van der Waals surface area contributed by atoms with Crippen LogP contribution in [0, 0.1) is 5.92 Å². The zero-order valence-corrected chi connectivity index (χ0v) is 18.3. The van der Waals surface area contributed by atoms with Crippen molar-refractivity contribution in [3.05, 3.63) is 28.8 Å². The lowest BCUT2D eigenvalue weighted by molar-refractivity contribution is -0.130. The minimum Gasteiger partial charge on any atom is -0.493 e. The molecular weight excluding hydrogens is 408 g/mol. The van der Waals surface area contributed by atoms with Gasteiger partial charge in [-0.2, -0.15) is 0 Å². The summed E-state index contributed by atoms with van der Waals surface area (Å²) in [6.07, 6.45) is 0.745. The Morgan fingerprint density at radius 3 is 2.73 bits per heavy atom. The minimum atomic E-state index is -0.407. The quantitative estimate of drug-likeness (QED) is 0.644. The highest BCUT2D eigenvalue weighted by atomic mass is 32.1. The highest BCUT2D eigenvalue weighted by molar-refractivity contribution is 7.15. The van der Waals surface area contributed by atoms with E-state index in [9.17, 15) is 9.59 Å². The third-order valence-electron chi connectivity index (χ3n) is 4.97. The molecule has 0 spiro atoms. The Morgan fingerprint density at radius 1 is 1.27 bits per heavy atom. The number of rotatable bonds is 9. The molecule has 1 N–H and O–H groups in total. The van der Waals surface area contributed by atoms with E-state index in [0.717, 1.165) is 10.6 Å². The molecule has 9 nitrogen and oxygen atoms in total. The summed E-state index contributed by atoms with van der Waals surface area (Å²) in [5, 5.41) is 12.2. The molecule has 1 aromatic carbocycles. The molecule has 0 saturated carbocycles. The Balaban J connectivity index is 1.59. The van der Waals surface area contributed by atoms with Gasteiger partial charge < -0.3 is 24.4 Å². The van der Waals surface area contributed by atoms with Gasteiger partial charge >= 0.3 is 0 Å². The standard InChI is InChI=1S/C20H26N4O5S/c1-12(11-27-2)24-10-14(9-18(24)25)19(26)21-20-23-22-17(30-20)8-13-5-6-15(28-3)16(7-13)29-4/h5-7,12,14H,8-11H2,1-4H3,(H,21,23,26). The average Bonchev–Trinajstić information content (AvgIpc) is 3.34. The molecule has 162 valence electrons. The normalized spacial score (nSPS) is 17.1. The number of benzene rings is 1. The van der Waals surface area contributed by atoms with Crippen molar-refractivity contribution in [1.82, 2.24) is 15.1 Å². The maximum Gasteiger partial charge on any atom is 0.231 e. The molecule has 2 aromatic rings. The number of nitrogens with zero attached hydrogens (tertiary/aromatic N) is 3. The lowest BCUT2D eigenvalue weighted by Crippen LogP contribution is -2.38. The van der Waals surface area contributed by atoms with Crippen molar-refractivity contribution in [3.8, 4) is 11.5 Å². The van der Waals surface area contributed by atoms with Gasteiger partial charge in [0.25, 0.3) is 0 Å². The SMILES string of the molecule is COCC(C)N1CC(C(=O)Nc2nnc(Cc3ccc(OC)c(OC)c3)s2)CC1=O. The van der Waals surface area contributed by atoms with Gasteiger partial charge in [0.05, 0.1) is 32.8 Å². The molecule has 1 fully saturated rings. The third-order valence-corrected chi connectivity index (χ3v) is 5.81. The van der Waals surface area contributed by atoms with Gasteiger partial charge in [0, 0.05) is 26.5 Å². The lowest BCUT2D eigenvalue weighted by Gasteiger charge is -2.23. The number of likely N-dealkylation sites (tertiary alicyclic amines) is 1. The molecule has 2 heterocycles. The molecule has 30 heavy (non-hydrogen) atoms. The summed E-state index contributed by atoms with van der Waals surface area (Å²) < 4.78 is 15.7. The Morgan fingerprint density at radius 2 is 2.03 bits per heavy atom. The summed E-state index contributed by atoms with van der Waals surface area (Å²) in [6, 6.07) is 5.60. The topological polar surface area (TPSA) is 103 Å². The molecule has 10 heteroatoms. The maximum atomic E-state index is 12.6. The van der Waals surface area contributed by atoms with Crippen LogP contribution in [0.15, 0.2) is 18.2 Å². The lowest BCUT2D eigenvalue weighted by atomic mass is 10.1. The first-order valence-corrected chi connectivity index (χ1v) is 10.4. The summed E-state index contributed by atoms with van der Waals surface area (Å²) in [5.41, 5.74) is 0.992. The number of ether oxygens (including phenoxy) is 3. The number of anilines is 1. The van der Waals surface area contributed by atoms with E-state index < -0.39 is 5.92 Å². The number of carbonyl (C=O) groups excluding carboxylic acids is 2. The summed E-state index contributed by atoms with van der Waals surface area (Å²) in [7, 11) is 4.77. The summed E-state index contributed by atoms with van der Waals surface area (Å²) >= 11 is 1.31. The number of hydrogen-bond acceptors (Lipinski definition) is 8. The molecule has 2 unspecified atom stereocenters. The van der Waals surface area contributed by atoms with Gasteiger partial charge in [0.2, 0.25) is 16.9 Å². The van der Waals surface area contributed by atoms with Crippen LogP contribution < -0.4 is 14.8 Å². The van der Waals surface area contributed by atoms with Crippen molar-refractivity contribution in [2.24, 2.45) is 5.92 Å². The van der Waals surface area contributed by atoms with E-state index in [2.05, 4.69) is 15.5 Å². The third kappa shape index (κ3) is 5.06. The van der Waals surface area contributed by atoms with Crippen molar-refractivity contribution >= 4 is 28.3 Å². The number of nitrogens with one attached hydrogen (secondary N) is 1. The van der Waals surface area contributed by atoms with Crippen LogP contribution in [-0.2, 0) is 20.7 Å². The van der Waals surface area contributed by atoms with Gasteiger partial charge in [0.15, 0.2) is 11.5 Å². The molecule has 1 aliphatic heterocycles. The Bertz CT molecular complexity index is 903. The monoisotopic (exact) mass is 434 g/mol. The first kappa shape index (κ1) is 22.0. The van der Waals surface area contributed by atoms with E-state index in [1.807, 2.05) is 25.1 Å². The maximum absolute atomic E-state index is 12.6. The molecule has 0 aliphatic carbocycles. The molecule has 1 saturated heterocycles. The second-order valence-electron chi connectivity index (χ2n) is 7.11. The number of amides is 2. The summed E-state index contributed by atoms with van der Waals surface area (Å²) in [5.74, 6) is 0.642. The second-order valence-corrected chi connectivity index (χ2v) is 8.17. The molecule has 2 atom stereocenters. The fraction of sp³-hybridized carbons (Fsp3) is 0.500. The predicted octanol–water partition coefficient (Wildman–Crippen LogP) is 1.97. The highest BCUT2D eigenvalue weighted by Gasteiger charge is 2.36. The van der Waals surface area contributed by atoms with Crippen LogP contribution in [0.4, 0.5) is 5.13 Å². The average molecular weight is 435 g/mol. The minimum absolute atomic E-state index is 0.0360. The van der Waals surface area contributed by atoms with E-state index >= 15 is 0 Å². The van der Waals surface area contributed by atoms with Crippen LogP contribution in [0.25, 0.3) is 0 Å².